The number of pyridine rings is 1. The summed E-state index contributed by atoms with van der Waals surface area (Å²) >= 11 is 0. The predicted molar refractivity (Wildman–Crippen MR) is 109 cm³/mol. The molecule has 0 bridgehead atoms. The monoisotopic (exact) mass is 382 g/mol. The maximum absolute atomic E-state index is 12.2. The third-order valence-electron chi connectivity index (χ3n) is 4.48. The van der Waals surface area contributed by atoms with Gasteiger partial charge in [-0.25, -0.2) is 14.5 Å². The van der Waals surface area contributed by atoms with Crippen LogP contribution in [0.15, 0.2) is 36.4 Å². The van der Waals surface area contributed by atoms with Crippen LogP contribution in [0.1, 0.15) is 29.9 Å². The largest absolute Gasteiger partial charge is 0.464 e. The number of rotatable bonds is 3. The minimum atomic E-state index is -0.470. The van der Waals surface area contributed by atoms with Gasteiger partial charge >= 0.3 is 5.97 Å². The Morgan fingerprint density at radius 1 is 1.14 bits per heavy atom. The van der Waals surface area contributed by atoms with Crippen LogP contribution in [0.2, 0.25) is 0 Å². The fraction of sp³-hybridized carbons (Fsp3) is 0.381. The molecule has 0 saturated carbocycles. The first-order chi connectivity index (χ1) is 13.7. The lowest BCUT2D eigenvalue weighted by molar-refractivity contribution is 0.0595. The number of aryl methyl sites for hydroxylation is 1. The van der Waals surface area contributed by atoms with Crippen molar-refractivity contribution in [3.63, 3.8) is 0 Å². The fourth-order valence-electron chi connectivity index (χ4n) is 3.14. The zero-order valence-electron chi connectivity index (χ0n) is 16.8. The molecule has 0 radical (unpaired) electrons. The maximum atomic E-state index is 12.2. The SMILES string of the molecule is CC.COC(=O)c1nn(-c2cccc(C)c2)c2nc(N3CCOCC3)ccc12. The summed E-state index contributed by atoms with van der Waals surface area (Å²) in [6.07, 6.45) is 0. The Bertz CT molecular complexity index is 961. The van der Waals surface area contributed by atoms with Gasteiger partial charge in [-0.3, -0.25) is 0 Å². The number of fused-ring (bicyclic) bond motifs is 1. The normalized spacial score (nSPS) is 13.8. The standard InChI is InChI=1S/C19H20N4O3.C2H6/c1-13-4-3-5-14(12-13)23-18-15(17(21-23)19(24)25-2)6-7-16(20-18)22-8-10-26-11-9-22;1-2/h3-7,12H,8-11H2,1-2H3;1-2H3. The van der Waals surface area contributed by atoms with E-state index in [4.69, 9.17) is 14.5 Å². The lowest BCUT2D eigenvalue weighted by Gasteiger charge is -2.27. The summed E-state index contributed by atoms with van der Waals surface area (Å²) in [6.45, 7) is 8.97. The van der Waals surface area contributed by atoms with Gasteiger partial charge in [-0.1, -0.05) is 26.0 Å². The Morgan fingerprint density at radius 2 is 1.89 bits per heavy atom. The van der Waals surface area contributed by atoms with E-state index < -0.39 is 5.97 Å². The Hall–Kier alpha value is -2.93. The van der Waals surface area contributed by atoms with Gasteiger partial charge in [0.05, 0.1) is 31.4 Å². The van der Waals surface area contributed by atoms with Crippen molar-refractivity contribution in [1.82, 2.24) is 14.8 Å². The Morgan fingerprint density at radius 3 is 2.57 bits per heavy atom. The number of methoxy groups -OCH3 is 1. The molecule has 0 atom stereocenters. The lowest BCUT2D eigenvalue weighted by Crippen LogP contribution is -2.36. The first-order valence-corrected chi connectivity index (χ1v) is 9.55. The third-order valence-corrected chi connectivity index (χ3v) is 4.48. The number of carbonyl (C=O) groups is 1. The number of carbonyl (C=O) groups excluding carboxylic acids is 1. The summed E-state index contributed by atoms with van der Waals surface area (Å²) < 4.78 is 12.0. The molecular formula is C21H26N4O3. The number of esters is 1. The molecule has 4 rings (SSSR count). The minimum Gasteiger partial charge on any atom is -0.464 e. The molecule has 1 aliphatic heterocycles. The molecule has 28 heavy (non-hydrogen) atoms. The maximum Gasteiger partial charge on any atom is 0.359 e. The molecule has 2 aromatic heterocycles. The van der Waals surface area contributed by atoms with Crippen molar-refractivity contribution in [3.8, 4) is 5.69 Å². The van der Waals surface area contributed by atoms with Crippen LogP contribution in [0.3, 0.4) is 0 Å². The van der Waals surface area contributed by atoms with Crippen molar-refractivity contribution in [2.24, 2.45) is 0 Å². The first-order valence-electron chi connectivity index (χ1n) is 9.55. The summed E-state index contributed by atoms with van der Waals surface area (Å²) in [5, 5.41) is 5.17. The highest BCUT2D eigenvalue weighted by Crippen LogP contribution is 2.25. The molecule has 1 aromatic carbocycles. The van der Waals surface area contributed by atoms with Gasteiger partial charge in [-0.2, -0.15) is 5.10 Å². The minimum absolute atomic E-state index is 0.269. The second-order valence-electron chi connectivity index (χ2n) is 6.23. The zero-order chi connectivity index (χ0) is 20.1. The van der Waals surface area contributed by atoms with Crippen molar-refractivity contribution in [2.75, 3.05) is 38.3 Å². The number of nitrogens with zero attached hydrogens (tertiary/aromatic N) is 4. The van der Waals surface area contributed by atoms with Crippen LogP contribution >= 0.6 is 0 Å². The van der Waals surface area contributed by atoms with Crippen molar-refractivity contribution in [3.05, 3.63) is 47.7 Å². The van der Waals surface area contributed by atoms with Crippen molar-refractivity contribution in [2.45, 2.75) is 20.8 Å². The second kappa shape index (κ2) is 8.84. The van der Waals surface area contributed by atoms with Crippen LogP contribution in [0.4, 0.5) is 5.82 Å². The average molecular weight is 382 g/mol. The molecule has 1 aliphatic rings. The van der Waals surface area contributed by atoms with E-state index in [-0.39, 0.29) is 5.69 Å². The van der Waals surface area contributed by atoms with Crippen molar-refractivity contribution in [1.29, 1.82) is 0 Å². The number of aromatic nitrogens is 3. The summed E-state index contributed by atoms with van der Waals surface area (Å²) in [6, 6.07) is 11.7. The van der Waals surface area contributed by atoms with E-state index in [1.165, 1.54) is 7.11 Å². The molecule has 0 spiro atoms. The second-order valence-corrected chi connectivity index (χ2v) is 6.23. The highest BCUT2D eigenvalue weighted by Gasteiger charge is 2.21. The van der Waals surface area contributed by atoms with Gasteiger partial charge in [-0.05, 0) is 36.8 Å². The summed E-state index contributed by atoms with van der Waals surface area (Å²) in [5.74, 6) is 0.383. The molecule has 3 heterocycles. The molecular weight excluding hydrogens is 356 g/mol. The third kappa shape index (κ3) is 3.84. The Balaban J connectivity index is 0.00000109. The summed E-state index contributed by atoms with van der Waals surface area (Å²) in [5.41, 5.74) is 2.87. The highest BCUT2D eigenvalue weighted by molar-refractivity contribution is 6.01. The number of ether oxygens (including phenoxy) is 2. The van der Waals surface area contributed by atoms with Crippen LogP contribution in [0, 0.1) is 6.92 Å². The van der Waals surface area contributed by atoms with Gasteiger partial charge in [-0.15, -0.1) is 0 Å². The zero-order valence-corrected chi connectivity index (χ0v) is 16.8. The molecule has 0 aliphatic carbocycles. The molecule has 148 valence electrons. The number of anilines is 1. The smallest absolute Gasteiger partial charge is 0.359 e. The van der Waals surface area contributed by atoms with E-state index in [0.29, 0.717) is 24.2 Å². The molecule has 7 heteroatoms. The van der Waals surface area contributed by atoms with Crippen LogP contribution in [-0.4, -0.2) is 54.1 Å². The number of hydrogen-bond donors (Lipinski definition) is 0. The van der Waals surface area contributed by atoms with E-state index in [1.54, 1.807) is 4.68 Å². The fourth-order valence-corrected chi connectivity index (χ4v) is 3.14. The Labute approximate surface area is 164 Å². The van der Waals surface area contributed by atoms with Gasteiger partial charge in [0.15, 0.2) is 11.3 Å². The Kier molecular flexibility index (Phi) is 6.26. The molecule has 1 saturated heterocycles. The molecule has 7 nitrogen and oxygen atoms in total. The predicted octanol–water partition coefficient (Wildman–Crippen LogP) is 3.38. The van der Waals surface area contributed by atoms with Crippen LogP contribution in [-0.2, 0) is 9.47 Å². The van der Waals surface area contributed by atoms with E-state index in [9.17, 15) is 4.79 Å². The molecule has 0 amide bonds. The highest BCUT2D eigenvalue weighted by atomic mass is 16.5. The molecule has 0 unspecified atom stereocenters. The van der Waals surface area contributed by atoms with Crippen molar-refractivity contribution >= 4 is 22.8 Å². The van der Waals surface area contributed by atoms with Gasteiger partial charge < -0.3 is 14.4 Å². The van der Waals surface area contributed by atoms with E-state index in [2.05, 4.69) is 10.00 Å². The lowest BCUT2D eigenvalue weighted by atomic mass is 10.2. The van der Waals surface area contributed by atoms with E-state index >= 15 is 0 Å². The number of morpholine rings is 1. The van der Waals surface area contributed by atoms with Gasteiger partial charge in [0.2, 0.25) is 0 Å². The van der Waals surface area contributed by atoms with Crippen LogP contribution < -0.4 is 4.90 Å². The average Bonchev–Trinajstić information content (AvgIpc) is 3.14. The van der Waals surface area contributed by atoms with Crippen LogP contribution in [0.5, 0.6) is 0 Å². The summed E-state index contributed by atoms with van der Waals surface area (Å²) in [7, 11) is 1.36. The molecule has 1 fully saturated rings. The number of hydrogen-bond acceptors (Lipinski definition) is 6. The van der Waals surface area contributed by atoms with Crippen molar-refractivity contribution < 1.29 is 14.3 Å². The van der Waals surface area contributed by atoms with Gasteiger partial charge in [0.25, 0.3) is 0 Å². The first kappa shape index (κ1) is 19.8. The number of benzene rings is 1. The topological polar surface area (TPSA) is 69.5 Å². The summed E-state index contributed by atoms with van der Waals surface area (Å²) in [4.78, 5) is 19.2. The van der Waals surface area contributed by atoms with Crippen LogP contribution in [0.25, 0.3) is 16.7 Å². The molecule has 3 aromatic rings. The van der Waals surface area contributed by atoms with E-state index in [0.717, 1.165) is 30.2 Å². The van der Waals surface area contributed by atoms with Gasteiger partial charge in [0.1, 0.15) is 5.82 Å². The quantitative estimate of drug-likeness (QED) is 0.647. The van der Waals surface area contributed by atoms with Gasteiger partial charge in [0, 0.05) is 13.1 Å². The molecule has 0 N–H and O–H groups in total. The van der Waals surface area contributed by atoms with E-state index in [1.807, 2.05) is 57.2 Å².